The van der Waals surface area contributed by atoms with Gasteiger partial charge in [-0.05, 0) is 122 Å². The highest BCUT2D eigenvalue weighted by atomic mass is 16.6. The summed E-state index contributed by atoms with van der Waals surface area (Å²) in [6.07, 6.45) is 90.5. The molecule has 0 aliphatic rings. The van der Waals surface area contributed by atoms with Crippen LogP contribution in [0.1, 0.15) is 219 Å². The van der Waals surface area contributed by atoms with E-state index in [4.69, 9.17) is 9.47 Å². The Labute approximate surface area is 430 Å². The molecule has 0 saturated carbocycles. The second kappa shape index (κ2) is 58.8. The number of ether oxygens (including phenoxy) is 2. The Balaban J connectivity index is 3.63. The number of aliphatic hydroxyl groups excluding tert-OH is 1. The van der Waals surface area contributed by atoms with Crippen molar-refractivity contribution in [1.29, 1.82) is 0 Å². The molecule has 1 atom stereocenters. The Kier molecular flexibility index (Phi) is 55.1. The number of aliphatic hydroxyl groups is 1. The number of rotatable bonds is 49. The molecule has 0 spiro atoms. The molecule has 0 fully saturated rings. The largest absolute Gasteiger partial charge is 0.462 e. The van der Waals surface area contributed by atoms with Crippen molar-refractivity contribution in [1.82, 2.24) is 0 Å². The van der Waals surface area contributed by atoms with E-state index in [1.54, 1.807) is 0 Å². The van der Waals surface area contributed by atoms with Crippen molar-refractivity contribution >= 4 is 11.9 Å². The van der Waals surface area contributed by atoms with E-state index in [9.17, 15) is 14.7 Å². The number of hydrogen-bond donors (Lipinski definition) is 1. The van der Waals surface area contributed by atoms with Crippen LogP contribution in [0, 0.1) is 0 Å². The third-order valence-electron chi connectivity index (χ3n) is 11.3. The highest BCUT2D eigenvalue weighted by Crippen LogP contribution is 2.14. The lowest BCUT2D eigenvalue weighted by atomic mass is 10.1. The van der Waals surface area contributed by atoms with Crippen LogP contribution in [0.3, 0.4) is 0 Å². The second-order valence-electron chi connectivity index (χ2n) is 17.9. The number of carbonyl (C=O) groups is 2. The molecule has 1 unspecified atom stereocenters. The predicted molar refractivity (Wildman–Crippen MR) is 306 cm³/mol. The summed E-state index contributed by atoms with van der Waals surface area (Å²) in [4.78, 5) is 24.5. The van der Waals surface area contributed by atoms with E-state index in [0.717, 1.165) is 141 Å². The van der Waals surface area contributed by atoms with Gasteiger partial charge < -0.3 is 14.6 Å². The maximum absolute atomic E-state index is 12.3. The summed E-state index contributed by atoms with van der Waals surface area (Å²) in [5, 5.41) is 9.66. The zero-order chi connectivity index (χ0) is 50.6. The lowest BCUT2D eigenvalue weighted by Gasteiger charge is -2.15. The van der Waals surface area contributed by atoms with E-state index >= 15 is 0 Å². The van der Waals surface area contributed by atoms with Crippen molar-refractivity contribution < 1.29 is 24.2 Å². The lowest BCUT2D eigenvalue weighted by molar-refractivity contribution is -0.161. The Morgan fingerprint density at radius 1 is 0.329 bits per heavy atom. The molecule has 392 valence electrons. The first-order chi connectivity index (χ1) is 34.6. The molecule has 70 heavy (non-hydrogen) atoms. The molecule has 5 nitrogen and oxygen atoms in total. The molecule has 5 heteroatoms. The Morgan fingerprint density at radius 2 is 0.571 bits per heavy atom. The summed E-state index contributed by atoms with van der Waals surface area (Å²) in [6, 6.07) is 0. The Morgan fingerprint density at radius 3 is 0.857 bits per heavy atom. The van der Waals surface area contributed by atoms with Crippen molar-refractivity contribution in [2.75, 3.05) is 13.2 Å². The number of allylic oxidation sites excluding steroid dienone is 26. The van der Waals surface area contributed by atoms with E-state index in [0.29, 0.717) is 12.8 Å². The van der Waals surface area contributed by atoms with Gasteiger partial charge in [0, 0.05) is 12.8 Å². The van der Waals surface area contributed by atoms with E-state index in [1.807, 2.05) is 0 Å². The molecule has 0 radical (unpaired) electrons. The SMILES string of the molecule is CC/C=C\C/C=C\C/C=C\C/C=C\C/C=C\C/C=C\C/C=C\CCCCCCCC(=O)OC(CO)COC(=O)CCCCCCCCCCCC/C=C\C/C=C\C/C=C\C/C=C\C/C=C\C/C=C\CC. The minimum Gasteiger partial charge on any atom is -0.462 e. The van der Waals surface area contributed by atoms with Crippen LogP contribution in [0.4, 0.5) is 0 Å². The van der Waals surface area contributed by atoms with E-state index in [-0.39, 0.29) is 25.2 Å². The Bertz CT molecular complexity index is 1560. The van der Waals surface area contributed by atoms with E-state index in [2.05, 4.69) is 172 Å². The molecule has 0 amide bonds. The van der Waals surface area contributed by atoms with Gasteiger partial charge in [0.05, 0.1) is 6.61 Å². The lowest BCUT2D eigenvalue weighted by Crippen LogP contribution is -2.28. The van der Waals surface area contributed by atoms with Gasteiger partial charge in [0.25, 0.3) is 0 Å². The van der Waals surface area contributed by atoms with Gasteiger partial charge >= 0.3 is 11.9 Å². The van der Waals surface area contributed by atoms with Crippen molar-refractivity contribution in [3.63, 3.8) is 0 Å². The molecular weight excluding hydrogens is 861 g/mol. The fraction of sp³-hybridized carbons (Fsp3) is 0.569. The molecular formula is C65H102O5. The molecule has 0 aliphatic heterocycles. The van der Waals surface area contributed by atoms with Crippen LogP contribution in [0.15, 0.2) is 158 Å². The number of carbonyl (C=O) groups excluding carboxylic acids is 2. The van der Waals surface area contributed by atoms with Gasteiger partial charge in [0.2, 0.25) is 0 Å². The summed E-state index contributed by atoms with van der Waals surface area (Å²) >= 11 is 0. The zero-order valence-electron chi connectivity index (χ0n) is 44.7. The molecule has 0 heterocycles. The normalized spacial score (nSPS) is 13.5. The van der Waals surface area contributed by atoms with Crippen LogP contribution >= 0.6 is 0 Å². The summed E-state index contributed by atoms with van der Waals surface area (Å²) < 4.78 is 10.7. The zero-order valence-corrected chi connectivity index (χ0v) is 44.7. The maximum Gasteiger partial charge on any atom is 0.306 e. The predicted octanol–water partition coefficient (Wildman–Crippen LogP) is 19.2. The third-order valence-corrected chi connectivity index (χ3v) is 11.3. The van der Waals surface area contributed by atoms with Crippen LogP contribution in [0.25, 0.3) is 0 Å². The van der Waals surface area contributed by atoms with Gasteiger partial charge in [-0.25, -0.2) is 0 Å². The first-order valence-corrected chi connectivity index (χ1v) is 28.0. The van der Waals surface area contributed by atoms with Gasteiger partial charge in [0.15, 0.2) is 6.10 Å². The topological polar surface area (TPSA) is 72.8 Å². The maximum atomic E-state index is 12.3. The number of esters is 2. The average molecular weight is 964 g/mol. The van der Waals surface area contributed by atoms with Crippen LogP contribution < -0.4 is 0 Å². The minimum atomic E-state index is -0.798. The second-order valence-corrected chi connectivity index (χ2v) is 17.9. The molecule has 0 aliphatic carbocycles. The molecule has 0 aromatic heterocycles. The van der Waals surface area contributed by atoms with Crippen molar-refractivity contribution in [3.05, 3.63) is 158 Å². The quantitative estimate of drug-likeness (QED) is 0.0374. The van der Waals surface area contributed by atoms with E-state index in [1.165, 1.54) is 51.4 Å². The molecule has 0 saturated heterocycles. The van der Waals surface area contributed by atoms with Gasteiger partial charge in [0.1, 0.15) is 6.61 Å². The fourth-order valence-corrected chi connectivity index (χ4v) is 7.18. The van der Waals surface area contributed by atoms with Crippen LogP contribution in [-0.2, 0) is 19.1 Å². The summed E-state index contributed by atoms with van der Waals surface area (Å²) in [6.45, 7) is 3.88. The average Bonchev–Trinajstić information content (AvgIpc) is 3.36. The highest BCUT2D eigenvalue weighted by Gasteiger charge is 2.16. The summed E-state index contributed by atoms with van der Waals surface area (Å²) in [5.74, 6) is -0.629. The molecule has 0 rings (SSSR count). The molecule has 0 aromatic carbocycles. The van der Waals surface area contributed by atoms with Gasteiger partial charge in [-0.3, -0.25) is 9.59 Å². The minimum absolute atomic E-state index is 0.0872. The van der Waals surface area contributed by atoms with Crippen LogP contribution in [-0.4, -0.2) is 36.4 Å². The molecule has 0 aromatic rings. The summed E-state index contributed by atoms with van der Waals surface area (Å²) in [7, 11) is 0. The molecule has 0 bridgehead atoms. The number of hydrogen-bond acceptors (Lipinski definition) is 5. The smallest absolute Gasteiger partial charge is 0.306 e. The fourth-order valence-electron chi connectivity index (χ4n) is 7.18. The van der Waals surface area contributed by atoms with E-state index < -0.39 is 6.10 Å². The monoisotopic (exact) mass is 963 g/mol. The van der Waals surface area contributed by atoms with Gasteiger partial charge in [-0.15, -0.1) is 0 Å². The first-order valence-electron chi connectivity index (χ1n) is 28.0. The van der Waals surface area contributed by atoms with Crippen LogP contribution in [0.5, 0.6) is 0 Å². The third kappa shape index (κ3) is 56.1. The van der Waals surface area contributed by atoms with Crippen LogP contribution in [0.2, 0.25) is 0 Å². The van der Waals surface area contributed by atoms with Crippen molar-refractivity contribution in [2.45, 2.75) is 225 Å². The summed E-state index contributed by atoms with van der Waals surface area (Å²) in [5.41, 5.74) is 0. The van der Waals surface area contributed by atoms with Gasteiger partial charge in [-0.1, -0.05) is 242 Å². The first kappa shape index (κ1) is 65.5. The van der Waals surface area contributed by atoms with Crippen molar-refractivity contribution in [2.24, 2.45) is 0 Å². The van der Waals surface area contributed by atoms with Gasteiger partial charge in [-0.2, -0.15) is 0 Å². The standard InChI is InChI=1S/C65H102O5/c1-3-5-7-9-11-13-15-17-19-21-23-25-27-29-31-32-34-35-37-39-41-43-45-47-49-51-53-55-57-59-64(67)69-62-63(61-66)70-65(68)60-58-56-54-52-50-48-46-44-42-40-38-36-33-30-28-26-24-22-20-18-16-14-12-10-8-6-4-2/h5-8,11-14,17-20,23-26,29-31,33-35,38,40,44,46,63,66H,3-4,9-10,15-16,21-22,27-28,32,36-37,39,41-43,45,47-62H2,1-2H3/b7-5-,8-6-,13-11-,14-12-,19-17-,20-18-,25-23-,26-24-,31-29-,33-30-,35-34-,40-38-,46-44-. The number of unbranched alkanes of at least 4 members (excludes halogenated alkanes) is 15. The Hall–Kier alpha value is -4.48. The van der Waals surface area contributed by atoms with Crippen molar-refractivity contribution in [3.8, 4) is 0 Å². The highest BCUT2D eigenvalue weighted by molar-refractivity contribution is 5.70. The molecule has 1 N–H and O–H groups in total.